The van der Waals surface area contributed by atoms with Gasteiger partial charge < -0.3 is 5.32 Å². The number of hydrogen-bond acceptors (Lipinski definition) is 3. The molecular weight excluding hydrogens is 236 g/mol. The monoisotopic (exact) mass is 246 g/mol. The zero-order valence-corrected chi connectivity index (χ0v) is 10.0. The lowest BCUT2D eigenvalue weighted by atomic mass is 10.2. The summed E-state index contributed by atoms with van der Waals surface area (Å²) >= 11 is 0. The average Bonchev–Trinajstić information content (AvgIpc) is 2.48. The van der Waals surface area contributed by atoms with Crippen molar-refractivity contribution >= 4 is 17.7 Å². The predicted octanol–water partition coefficient (Wildman–Crippen LogP) is 3.20. The Labute approximate surface area is 111 Å². The fourth-order valence-electron chi connectivity index (χ4n) is 1.56. The van der Waals surface area contributed by atoms with Gasteiger partial charge in [0.15, 0.2) is 0 Å². The van der Waals surface area contributed by atoms with E-state index in [4.69, 9.17) is 10.5 Å². The summed E-state index contributed by atoms with van der Waals surface area (Å²) in [4.78, 5) is 4.18. The van der Waals surface area contributed by atoms with Crippen molar-refractivity contribution in [2.45, 2.75) is 0 Å². The van der Waals surface area contributed by atoms with Crippen LogP contribution in [0.25, 0.3) is 0 Å². The Balaban J connectivity index is 2.17. The molecular formula is C15H10N4. The van der Waals surface area contributed by atoms with Gasteiger partial charge in [0.25, 0.3) is 0 Å². The first-order valence-electron chi connectivity index (χ1n) is 5.62. The van der Waals surface area contributed by atoms with Crippen molar-refractivity contribution in [2.24, 2.45) is 4.99 Å². The largest absolute Gasteiger partial charge is 0.345 e. The first-order valence-corrected chi connectivity index (χ1v) is 5.62. The third kappa shape index (κ3) is 2.96. The van der Waals surface area contributed by atoms with E-state index in [1.165, 1.54) is 6.34 Å². The van der Waals surface area contributed by atoms with Crippen LogP contribution in [-0.2, 0) is 0 Å². The lowest BCUT2D eigenvalue weighted by Crippen LogP contribution is -1.96. The lowest BCUT2D eigenvalue weighted by molar-refractivity contribution is 1.44. The zero-order chi connectivity index (χ0) is 13.5. The maximum atomic E-state index is 8.94. The third-order valence-electron chi connectivity index (χ3n) is 2.50. The van der Waals surface area contributed by atoms with Crippen molar-refractivity contribution < 1.29 is 0 Å². The Bertz CT molecular complexity index is 690. The van der Waals surface area contributed by atoms with Gasteiger partial charge in [-0.3, -0.25) is 0 Å². The van der Waals surface area contributed by atoms with Crippen LogP contribution in [0.4, 0.5) is 11.4 Å². The minimum absolute atomic E-state index is 0.508. The summed E-state index contributed by atoms with van der Waals surface area (Å²) < 4.78 is 0. The van der Waals surface area contributed by atoms with Crippen molar-refractivity contribution in [3.8, 4) is 12.1 Å². The molecule has 0 spiro atoms. The fraction of sp³-hybridized carbons (Fsp3) is 0. The number of nitrogens with zero attached hydrogens (tertiary/aromatic N) is 3. The molecule has 2 rings (SSSR count). The van der Waals surface area contributed by atoms with E-state index in [-0.39, 0.29) is 0 Å². The highest BCUT2D eigenvalue weighted by atomic mass is 14.9. The fourth-order valence-corrected chi connectivity index (χ4v) is 1.56. The normalized spacial score (nSPS) is 9.79. The summed E-state index contributed by atoms with van der Waals surface area (Å²) in [5.41, 5.74) is 2.33. The Kier molecular flexibility index (Phi) is 3.90. The molecule has 0 amide bonds. The van der Waals surface area contributed by atoms with Crippen LogP contribution in [-0.4, -0.2) is 6.34 Å². The molecule has 2 aromatic rings. The van der Waals surface area contributed by atoms with Crippen LogP contribution in [0.1, 0.15) is 11.1 Å². The van der Waals surface area contributed by atoms with Crippen molar-refractivity contribution in [1.29, 1.82) is 10.5 Å². The topological polar surface area (TPSA) is 72.0 Å². The van der Waals surface area contributed by atoms with E-state index in [1.807, 2.05) is 12.1 Å². The maximum absolute atomic E-state index is 8.94. The van der Waals surface area contributed by atoms with Gasteiger partial charge in [0.05, 0.1) is 28.8 Å². The summed E-state index contributed by atoms with van der Waals surface area (Å²) in [7, 11) is 0. The zero-order valence-electron chi connectivity index (χ0n) is 10.0. The number of rotatable bonds is 3. The smallest absolute Gasteiger partial charge is 0.101 e. The molecule has 0 saturated heterocycles. The summed E-state index contributed by atoms with van der Waals surface area (Å²) in [6.07, 6.45) is 1.48. The Morgan fingerprint density at radius 3 is 2.26 bits per heavy atom. The molecule has 1 N–H and O–H groups in total. The summed E-state index contributed by atoms with van der Waals surface area (Å²) in [5, 5.41) is 20.8. The molecule has 90 valence electrons. The molecule has 0 radical (unpaired) electrons. The number of anilines is 1. The van der Waals surface area contributed by atoms with E-state index >= 15 is 0 Å². The van der Waals surface area contributed by atoms with Gasteiger partial charge in [-0.2, -0.15) is 10.5 Å². The molecule has 0 atom stereocenters. The molecule has 0 bridgehead atoms. The van der Waals surface area contributed by atoms with Crippen molar-refractivity contribution in [3.05, 3.63) is 59.7 Å². The molecule has 4 heteroatoms. The number of para-hydroxylation sites is 2. The molecule has 2 aromatic carbocycles. The molecule has 4 nitrogen and oxygen atoms in total. The third-order valence-corrected chi connectivity index (χ3v) is 2.50. The highest BCUT2D eigenvalue weighted by molar-refractivity contribution is 5.81. The van der Waals surface area contributed by atoms with Crippen LogP contribution in [0.3, 0.4) is 0 Å². The molecule has 0 saturated carbocycles. The predicted molar refractivity (Wildman–Crippen MR) is 74.1 cm³/mol. The van der Waals surface area contributed by atoms with Gasteiger partial charge in [0, 0.05) is 0 Å². The average molecular weight is 246 g/mol. The van der Waals surface area contributed by atoms with E-state index in [0.29, 0.717) is 22.5 Å². The summed E-state index contributed by atoms with van der Waals surface area (Å²) in [6, 6.07) is 18.4. The van der Waals surface area contributed by atoms with Crippen LogP contribution < -0.4 is 5.32 Å². The summed E-state index contributed by atoms with van der Waals surface area (Å²) in [6.45, 7) is 0. The lowest BCUT2D eigenvalue weighted by Gasteiger charge is -2.02. The molecule has 0 aliphatic rings. The van der Waals surface area contributed by atoms with Gasteiger partial charge >= 0.3 is 0 Å². The van der Waals surface area contributed by atoms with Crippen LogP contribution in [0.5, 0.6) is 0 Å². The first-order chi connectivity index (χ1) is 9.35. The van der Waals surface area contributed by atoms with E-state index in [0.717, 1.165) is 0 Å². The van der Waals surface area contributed by atoms with Gasteiger partial charge in [0.2, 0.25) is 0 Å². The van der Waals surface area contributed by atoms with Crippen molar-refractivity contribution in [1.82, 2.24) is 0 Å². The second-order valence-electron chi connectivity index (χ2n) is 3.69. The standard InChI is InChI=1S/C15H10N4/c16-9-12-5-1-3-7-14(12)18-11-19-15-8-4-2-6-13(15)10-17/h1-8,11H,(H,18,19). The minimum atomic E-state index is 0.508. The van der Waals surface area contributed by atoms with Gasteiger partial charge in [-0.05, 0) is 24.3 Å². The number of benzene rings is 2. The van der Waals surface area contributed by atoms with E-state index in [9.17, 15) is 0 Å². The quantitative estimate of drug-likeness (QED) is 0.667. The van der Waals surface area contributed by atoms with Gasteiger partial charge in [-0.25, -0.2) is 4.99 Å². The van der Waals surface area contributed by atoms with E-state index in [1.54, 1.807) is 36.4 Å². The van der Waals surface area contributed by atoms with E-state index in [2.05, 4.69) is 22.4 Å². The second-order valence-corrected chi connectivity index (χ2v) is 3.69. The SMILES string of the molecule is N#Cc1ccccc1N=CNc1ccccc1C#N. The van der Waals surface area contributed by atoms with Crippen molar-refractivity contribution in [2.75, 3.05) is 5.32 Å². The van der Waals surface area contributed by atoms with Crippen molar-refractivity contribution in [3.63, 3.8) is 0 Å². The van der Waals surface area contributed by atoms with Gasteiger partial charge in [-0.1, -0.05) is 24.3 Å². The number of hydrogen-bond donors (Lipinski definition) is 1. The van der Waals surface area contributed by atoms with E-state index < -0.39 is 0 Å². The Morgan fingerprint density at radius 1 is 0.895 bits per heavy atom. The highest BCUT2D eigenvalue weighted by Gasteiger charge is 1.99. The molecule has 19 heavy (non-hydrogen) atoms. The second kappa shape index (κ2) is 6.00. The minimum Gasteiger partial charge on any atom is -0.345 e. The molecule has 0 unspecified atom stereocenters. The van der Waals surface area contributed by atoms with Gasteiger partial charge in [0.1, 0.15) is 12.1 Å². The number of aliphatic imine (C=N–C) groups is 1. The van der Waals surface area contributed by atoms with Gasteiger partial charge in [-0.15, -0.1) is 0 Å². The molecule has 0 aromatic heterocycles. The number of nitrogens with one attached hydrogen (secondary N) is 1. The van der Waals surface area contributed by atoms with Crippen LogP contribution in [0, 0.1) is 22.7 Å². The van der Waals surface area contributed by atoms with Crippen LogP contribution in [0.15, 0.2) is 53.5 Å². The van der Waals surface area contributed by atoms with Crippen LogP contribution >= 0.6 is 0 Å². The molecule has 0 aliphatic carbocycles. The van der Waals surface area contributed by atoms with Crippen LogP contribution in [0.2, 0.25) is 0 Å². The summed E-state index contributed by atoms with van der Waals surface area (Å²) in [5.74, 6) is 0. The Morgan fingerprint density at radius 2 is 1.53 bits per heavy atom. The Hall–Kier alpha value is -3.11. The highest BCUT2D eigenvalue weighted by Crippen LogP contribution is 2.17. The maximum Gasteiger partial charge on any atom is 0.101 e. The molecule has 0 aliphatic heterocycles. The number of nitriles is 2. The first kappa shape index (κ1) is 12.3. The molecule has 0 heterocycles. The molecule has 0 fully saturated rings.